The van der Waals surface area contributed by atoms with E-state index in [9.17, 15) is 8.78 Å². The Kier molecular flexibility index (Phi) is 1.33. The van der Waals surface area contributed by atoms with Crippen LogP contribution in [0.2, 0.25) is 0 Å². The number of alkyl halides is 2. The predicted molar refractivity (Wildman–Crippen MR) is 28.0 cm³/mol. The maximum absolute atomic E-state index is 11.7. The molecule has 1 heterocycles. The van der Waals surface area contributed by atoms with E-state index in [0.717, 1.165) is 0 Å². The third kappa shape index (κ3) is 0.984. The maximum atomic E-state index is 11.7. The molecule has 0 saturated carbocycles. The van der Waals surface area contributed by atoms with Gasteiger partial charge in [0.2, 0.25) is 0 Å². The Labute approximate surface area is 49.9 Å². The van der Waals surface area contributed by atoms with Crippen LogP contribution in [-0.2, 0) is 0 Å². The molecule has 50 valence electrons. The molecule has 0 aliphatic heterocycles. The van der Waals surface area contributed by atoms with Crippen LogP contribution in [0.5, 0.6) is 0 Å². The van der Waals surface area contributed by atoms with Crippen molar-refractivity contribution in [1.82, 2.24) is 10.2 Å². The molecule has 0 aromatic carbocycles. The zero-order valence-corrected chi connectivity index (χ0v) is 4.44. The van der Waals surface area contributed by atoms with Crippen molar-refractivity contribution in [2.45, 2.75) is 6.43 Å². The minimum absolute atomic E-state index is 0.00463. The molecular formula is C4H5F2N3. The molecule has 0 radical (unpaired) electrons. The number of hydrogen-bond acceptors (Lipinski definition) is 2. The summed E-state index contributed by atoms with van der Waals surface area (Å²) in [5.41, 5.74) is 4.69. The van der Waals surface area contributed by atoms with Gasteiger partial charge in [0.05, 0.1) is 5.69 Å². The second-order valence-corrected chi connectivity index (χ2v) is 1.53. The van der Waals surface area contributed by atoms with Crippen LogP contribution in [0.3, 0.4) is 0 Å². The summed E-state index contributed by atoms with van der Waals surface area (Å²) < 4.78 is 23.4. The zero-order chi connectivity index (χ0) is 6.85. The maximum Gasteiger partial charge on any atom is 0.284 e. The van der Waals surface area contributed by atoms with Gasteiger partial charge in [-0.05, 0) is 0 Å². The van der Waals surface area contributed by atoms with Crippen molar-refractivity contribution in [3.63, 3.8) is 0 Å². The zero-order valence-electron chi connectivity index (χ0n) is 4.44. The van der Waals surface area contributed by atoms with Crippen LogP contribution in [0, 0.1) is 0 Å². The van der Waals surface area contributed by atoms with Gasteiger partial charge in [0, 0.05) is 6.20 Å². The van der Waals surface area contributed by atoms with Crippen LogP contribution in [-0.4, -0.2) is 10.2 Å². The highest BCUT2D eigenvalue weighted by molar-refractivity contribution is 5.40. The van der Waals surface area contributed by atoms with E-state index in [-0.39, 0.29) is 11.4 Å². The molecule has 0 amide bonds. The lowest BCUT2D eigenvalue weighted by Gasteiger charge is -1.91. The van der Waals surface area contributed by atoms with Crippen molar-refractivity contribution in [3.8, 4) is 0 Å². The number of nitrogens with one attached hydrogen (secondary N) is 1. The van der Waals surface area contributed by atoms with Gasteiger partial charge in [-0.15, -0.1) is 0 Å². The molecule has 1 aromatic heterocycles. The molecule has 0 aliphatic carbocycles. The highest BCUT2D eigenvalue weighted by Crippen LogP contribution is 2.20. The quantitative estimate of drug-likeness (QED) is 0.598. The van der Waals surface area contributed by atoms with Crippen molar-refractivity contribution in [2.24, 2.45) is 0 Å². The van der Waals surface area contributed by atoms with Gasteiger partial charge in [0.25, 0.3) is 6.43 Å². The van der Waals surface area contributed by atoms with Crippen LogP contribution < -0.4 is 5.73 Å². The van der Waals surface area contributed by atoms with Crippen molar-refractivity contribution >= 4 is 5.69 Å². The van der Waals surface area contributed by atoms with Crippen molar-refractivity contribution in [1.29, 1.82) is 0 Å². The molecule has 3 nitrogen and oxygen atoms in total. The molecule has 0 atom stereocenters. The SMILES string of the molecule is Nc1c[nH]nc1C(F)F. The topological polar surface area (TPSA) is 54.7 Å². The molecule has 3 N–H and O–H groups in total. The van der Waals surface area contributed by atoms with E-state index in [2.05, 4.69) is 10.2 Å². The first-order valence-electron chi connectivity index (χ1n) is 2.29. The van der Waals surface area contributed by atoms with E-state index in [1.165, 1.54) is 6.20 Å². The minimum Gasteiger partial charge on any atom is -0.396 e. The van der Waals surface area contributed by atoms with Gasteiger partial charge in [0.1, 0.15) is 0 Å². The number of H-pyrrole nitrogens is 1. The number of nitrogens with zero attached hydrogens (tertiary/aromatic N) is 1. The average Bonchev–Trinajstić information content (AvgIpc) is 2.13. The highest BCUT2D eigenvalue weighted by atomic mass is 19.3. The lowest BCUT2D eigenvalue weighted by atomic mass is 10.4. The van der Waals surface area contributed by atoms with Gasteiger partial charge in [-0.2, -0.15) is 5.10 Å². The fourth-order valence-corrected chi connectivity index (χ4v) is 0.485. The summed E-state index contributed by atoms with van der Waals surface area (Å²) in [6, 6.07) is 0. The van der Waals surface area contributed by atoms with E-state index in [4.69, 9.17) is 5.73 Å². The van der Waals surface area contributed by atoms with E-state index in [0.29, 0.717) is 0 Å². The molecule has 5 heteroatoms. The second-order valence-electron chi connectivity index (χ2n) is 1.53. The first-order valence-corrected chi connectivity index (χ1v) is 2.29. The monoisotopic (exact) mass is 133 g/mol. The number of anilines is 1. The molecule has 0 unspecified atom stereocenters. The number of halogens is 2. The Bertz CT molecular complexity index is 195. The Balaban J connectivity index is 2.94. The number of aromatic amines is 1. The summed E-state index contributed by atoms with van der Waals surface area (Å²) >= 11 is 0. The highest BCUT2D eigenvalue weighted by Gasteiger charge is 2.12. The van der Waals surface area contributed by atoms with Crippen LogP contribution in [0.15, 0.2) is 6.20 Å². The minimum atomic E-state index is -2.59. The molecular weight excluding hydrogens is 128 g/mol. The number of aromatic nitrogens is 2. The lowest BCUT2D eigenvalue weighted by molar-refractivity contribution is 0.147. The summed E-state index contributed by atoms with van der Waals surface area (Å²) in [6.45, 7) is 0. The number of nitrogens with two attached hydrogens (primary N) is 1. The van der Waals surface area contributed by atoms with Crippen molar-refractivity contribution in [3.05, 3.63) is 11.9 Å². The molecule has 9 heavy (non-hydrogen) atoms. The second kappa shape index (κ2) is 2.00. The van der Waals surface area contributed by atoms with E-state index in [1.54, 1.807) is 0 Å². The number of hydrogen-bond donors (Lipinski definition) is 2. The Morgan fingerprint density at radius 3 is 2.56 bits per heavy atom. The fourth-order valence-electron chi connectivity index (χ4n) is 0.485. The third-order valence-corrected chi connectivity index (χ3v) is 0.908. The lowest BCUT2D eigenvalue weighted by Crippen LogP contribution is -1.90. The molecule has 0 fully saturated rings. The third-order valence-electron chi connectivity index (χ3n) is 0.908. The summed E-state index contributed by atoms with van der Waals surface area (Å²) in [7, 11) is 0. The van der Waals surface area contributed by atoms with Crippen LogP contribution in [0.1, 0.15) is 12.1 Å². The van der Waals surface area contributed by atoms with Crippen molar-refractivity contribution < 1.29 is 8.78 Å². The number of nitrogen functional groups attached to an aromatic ring is 1. The van der Waals surface area contributed by atoms with E-state index >= 15 is 0 Å². The Morgan fingerprint density at radius 1 is 1.67 bits per heavy atom. The van der Waals surface area contributed by atoms with Crippen LogP contribution in [0.4, 0.5) is 14.5 Å². The Morgan fingerprint density at radius 2 is 2.33 bits per heavy atom. The van der Waals surface area contributed by atoms with Crippen LogP contribution >= 0.6 is 0 Å². The molecule has 1 rings (SSSR count). The Hall–Kier alpha value is -1.13. The van der Waals surface area contributed by atoms with Gasteiger partial charge in [0.15, 0.2) is 5.69 Å². The molecule has 1 aromatic rings. The fraction of sp³-hybridized carbons (Fsp3) is 0.250. The largest absolute Gasteiger partial charge is 0.396 e. The van der Waals surface area contributed by atoms with Crippen molar-refractivity contribution in [2.75, 3.05) is 5.73 Å². The summed E-state index contributed by atoms with van der Waals surface area (Å²) in [5, 5.41) is 5.44. The average molecular weight is 133 g/mol. The summed E-state index contributed by atoms with van der Waals surface area (Å²) in [6.07, 6.45) is -1.36. The van der Waals surface area contributed by atoms with E-state index in [1.807, 2.05) is 0 Å². The smallest absolute Gasteiger partial charge is 0.284 e. The number of rotatable bonds is 1. The van der Waals surface area contributed by atoms with Gasteiger partial charge in [-0.25, -0.2) is 8.78 Å². The van der Waals surface area contributed by atoms with Gasteiger partial charge < -0.3 is 5.73 Å². The normalized spacial score (nSPS) is 10.6. The van der Waals surface area contributed by atoms with E-state index < -0.39 is 6.43 Å². The van der Waals surface area contributed by atoms with Crippen LogP contribution in [0.25, 0.3) is 0 Å². The molecule has 0 spiro atoms. The van der Waals surface area contributed by atoms with Gasteiger partial charge >= 0.3 is 0 Å². The standard InChI is InChI=1S/C4H5F2N3/c5-4(6)3-2(7)1-8-9-3/h1,4H,7H2,(H,8,9). The first-order chi connectivity index (χ1) is 4.22. The molecule has 0 bridgehead atoms. The first kappa shape index (κ1) is 6.00. The molecule has 0 saturated heterocycles. The predicted octanol–water partition coefficient (Wildman–Crippen LogP) is 0.929. The van der Waals surface area contributed by atoms with Gasteiger partial charge in [-0.3, -0.25) is 5.10 Å². The van der Waals surface area contributed by atoms with Gasteiger partial charge in [-0.1, -0.05) is 0 Å². The summed E-state index contributed by atoms with van der Waals surface area (Å²) in [4.78, 5) is 0. The molecule has 0 aliphatic rings. The summed E-state index contributed by atoms with van der Waals surface area (Å²) in [5.74, 6) is 0.